The molecule has 7 heteroatoms. The van der Waals surface area contributed by atoms with Crippen LogP contribution >= 0.6 is 11.6 Å². The number of hydrogen-bond acceptors (Lipinski definition) is 5. The Labute approximate surface area is 207 Å². The van der Waals surface area contributed by atoms with Crippen LogP contribution in [-0.2, 0) is 11.3 Å². The number of benzene rings is 3. The predicted octanol–water partition coefficient (Wildman–Crippen LogP) is 5.61. The molecule has 0 N–H and O–H groups in total. The molecule has 0 bridgehead atoms. The molecule has 3 aromatic carbocycles. The second kappa shape index (κ2) is 9.94. The molecule has 0 fully saturated rings. The Morgan fingerprint density at radius 3 is 2.51 bits per heavy atom. The summed E-state index contributed by atoms with van der Waals surface area (Å²) in [5.74, 6) is 0.474. The lowest BCUT2D eigenvalue weighted by molar-refractivity contribution is 0.0708. The number of ether oxygens (including phenoxy) is 2. The molecular formula is C28H24ClNO5. The van der Waals surface area contributed by atoms with Crippen molar-refractivity contribution in [2.45, 2.75) is 19.1 Å². The zero-order valence-corrected chi connectivity index (χ0v) is 20.0. The monoisotopic (exact) mass is 489 g/mol. The minimum atomic E-state index is -0.572. The average molecular weight is 490 g/mol. The number of fused-ring (bicyclic) bond motifs is 2. The van der Waals surface area contributed by atoms with Crippen molar-refractivity contribution < 1.29 is 18.7 Å². The third-order valence-corrected chi connectivity index (χ3v) is 6.35. The van der Waals surface area contributed by atoms with Gasteiger partial charge < -0.3 is 18.8 Å². The van der Waals surface area contributed by atoms with Crippen molar-refractivity contribution in [2.75, 3.05) is 20.3 Å². The molecule has 1 aromatic heterocycles. The van der Waals surface area contributed by atoms with E-state index in [0.717, 1.165) is 11.1 Å². The van der Waals surface area contributed by atoms with E-state index in [9.17, 15) is 9.59 Å². The number of nitrogens with zero attached hydrogens (tertiary/aromatic N) is 1. The minimum absolute atomic E-state index is 0.0802. The summed E-state index contributed by atoms with van der Waals surface area (Å²) in [5.41, 5.74) is 2.30. The van der Waals surface area contributed by atoms with Crippen molar-refractivity contribution in [3.8, 4) is 5.75 Å². The number of carbonyl (C=O) groups is 1. The van der Waals surface area contributed by atoms with E-state index in [2.05, 4.69) is 0 Å². The Kier molecular flexibility index (Phi) is 6.57. The summed E-state index contributed by atoms with van der Waals surface area (Å²) >= 11 is 6.14. The average Bonchev–Trinajstić information content (AvgIpc) is 3.16. The van der Waals surface area contributed by atoms with Crippen LogP contribution in [0, 0.1) is 0 Å². The van der Waals surface area contributed by atoms with Gasteiger partial charge in [-0.15, -0.1) is 0 Å². The third kappa shape index (κ3) is 4.55. The zero-order chi connectivity index (χ0) is 24.4. The van der Waals surface area contributed by atoms with Gasteiger partial charge in [-0.05, 0) is 47.9 Å². The Hall–Kier alpha value is -3.61. The van der Waals surface area contributed by atoms with Crippen LogP contribution in [0.4, 0.5) is 0 Å². The first-order valence-electron chi connectivity index (χ1n) is 11.4. The van der Waals surface area contributed by atoms with Crippen LogP contribution < -0.4 is 10.2 Å². The van der Waals surface area contributed by atoms with E-state index >= 15 is 0 Å². The van der Waals surface area contributed by atoms with Crippen LogP contribution in [0.25, 0.3) is 11.0 Å². The first kappa shape index (κ1) is 23.1. The lowest BCUT2D eigenvalue weighted by Gasteiger charge is -2.25. The van der Waals surface area contributed by atoms with Gasteiger partial charge in [-0.2, -0.15) is 0 Å². The maximum atomic E-state index is 13.6. The summed E-state index contributed by atoms with van der Waals surface area (Å²) in [6.45, 7) is 1.37. The number of methoxy groups -OCH3 is 1. The third-order valence-electron chi connectivity index (χ3n) is 6.12. The molecule has 178 valence electrons. The predicted molar refractivity (Wildman–Crippen MR) is 134 cm³/mol. The van der Waals surface area contributed by atoms with Crippen molar-refractivity contribution >= 4 is 28.5 Å². The summed E-state index contributed by atoms with van der Waals surface area (Å²) in [4.78, 5) is 28.6. The molecule has 1 unspecified atom stereocenters. The SMILES string of the molecule is COCCCN1C(=O)c2oc3ccc(Cl)cc3c(=O)c2C1c1ccc(OCc2ccccc2)cc1. The molecule has 0 saturated carbocycles. The van der Waals surface area contributed by atoms with Gasteiger partial charge in [-0.25, -0.2) is 0 Å². The van der Waals surface area contributed by atoms with Crippen molar-refractivity contribution in [3.05, 3.63) is 110 Å². The largest absolute Gasteiger partial charge is 0.489 e. The first-order chi connectivity index (χ1) is 17.1. The van der Waals surface area contributed by atoms with Gasteiger partial charge in [0.25, 0.3) is 5.91 Å². The highest BCUT2D eigenvalue weighted by molar-refractivity contribution is 6.31. The van der Waals surface area contributed by atoms with Gasteiger partial charge in [-0.3, -0.25) is 9.59 Å². The van der Waals surface area contributed by atoms with Gasteiger partial charge in [0, 0.05) is 25.3 Å². The fourth-order valence-electron chi connectivity index (χ4n) is 4.44. The summed E-state index contributed by atoms with van der Waals surface area (Å²) < 4.78 is 17.0. The first-order valence-corrected chi connectivity index (χ1v) is 11.8. The van der Waals surface area contributed by atoms with E-state index in [1.54, 1.807) is 30.2 Å². The van der Waals surface area contributed by atoms with Gasteiger partial charge in [0.2, 0.25) is 5.76 Å². The molecule has 0 aliphatic carbocycles. The van der Waals surface area contributed by atoms with Gasteiger partial charge in [0.1, 0.15) is 17.9 Å². The fourth-order valence-corrected chi connectivity index (χ4v) is 4.61. The van der Waals surface area contributed by atoms with E-state index in [4.69, 9.17) is 25.5 Å². The van der Waals surface area contributed by atoms with E-state index in [-0.39, 0.29) is 17.1 Å². The molecule has 1 amide bonds. The number of carbonyl (C=O) groups excluding carboxylic acids is 1. The highest BCUT2D eigenvalue weighted by Crippen LogP contribution is 2.39. The van der Waals surface area contributed by atoms with Gasteiger partial charge in [-0.1, -0.05) is 54.1 Å². The van der Waals surface area contributed by atoms with E-state index in [1.165, 1.54) is 0 Å². The second-order valence-corrected chi connectivity index (χ2v) is 8.84. The van der Waals surface area contributed by atoms with Crippen molar-refractivity contribution in [3.63, 3.8) is 0 Å². The van der Waals surface area contributed by atoms with Crippen molar-refractivity contribution in [2.24, 2.45) is 0 Å². The van der Waals surface area contributed by atoms with Crippen molar-refractivity contribution in [1.29, 1.82) is 0 Å². The van der Waals surface area contributed by atoms with Crippen LogP contribution in [0.15, 0.2) is 82.0 Å². The molecule has 1 aliphatic rings. The van der Waals surface area contributed by atoms with E-state index < -0.39 is 6.04 Å². The molecular weight excluding hydrogens is 466 g/mol. The fraction of sp³-hybridized carbons (Fsp3) is 0.214. The summed E-state index contributed by atoms with van der Waals surface area (Å²) in [6, 6.07) is 21.7. The maximum absolute atomic E-state index is 13.6. The lowest BCUT2D eigenvalue weighted by atomic mass is 9.98. The summed E-state index contributed by atoms with van der Waals surface area (Å²) in [5, 5.41) is 0.790. The standard InChI is InChI=1S/C28H24ClNO5/c1-33-15-5-14-30-25(19-8-11-21(12-9-19)34-17-18-6-3-2-4-7-18)24-26(31)22-16-20(29)10-13-23(22)35-27(24)28(30)32/h2-4,6-13,16,25H,5,14-15,17H2,1H3. The van der Waals surface area contributed by atoms with Crippen LogP contribution in [0.3, 0.4) is 0 Å². The van der Waals surface area contributed by atoms with Gasteiger partial charge in [0.15, 0.2) is 5.43 Å². The molecule has 2 heterocycles. The normalized spacial score (nSPS) is 15.0. The summed E-state index contributed by atoms with van der Waals surface area (Å²) in [6.07, 6.45) is 0.630. The second-order valence-electron chi connectivity index (χ2n) is 8.41. The van der Waals surface area contributed by atoms with Crippen LogP contribution in [-0.4, -0.2) is 31.1 Å². The smallest absolute Gasteiger partial charge is 0.290 e. The Bertz CT molecular complexity index is 1420. The molecule has 0 spiro atoms. The highest BCUT2D eigenvalue weighted by Gasteiger charge is 2.42. The van der Waals surface area contributed by atoms with Crippen molar-refractivity contribution in [1.82, 2.24) is 4.90 Å². The Morgan fingerprint density at radius 1 is 1.00 bits per heavy atom. The van der Waals surface area contributed by atoms with Crippen LogP contribution in [0.1, 0.15) is 39.7 Å². The number of hydrogen-bond donors (Lipinski definition) is 0. The van der Waals surface area contributed by atoms with Crippen LogP contribution in [0.5, 0.6) is 5.75 Å². The molecule has 35 heavy (non-hydrogen) atoms. The molecule has 6 nitrogen and oxygen atoms in total. The zero-order valence-electron chi connectivity index (χ0n) is 19.2. The maximum Gasteiger partial charge on any atom is 0.290 e. The Balaban J connectivity index is 1.51. The number of amides is 1. The molecule has 1 atom stereocenters. The lowest BCUT2D eigenvalue weighted by Crippen LogP contribution is -2.31. The minimum Gasteiger partial charge on any atom is -0.489 e. The molecule has 4 aromatic rings. The molecule has 1 aliphatic heterocycles. The van der Waals surface area contributed by atoms with E-state index in [1.807, 2.05) is 54.6 Å². The summed E-state index contributed by atoms with van der Waals surface area (Å²) in [7, 11) is 1.62. The molecule has 5 rings (SSSR count). The Morgan fingerprint density at radius 2 is 1.77 bits per heavy atom. The highest BCUT2D eigenvalue weighted by atomic mass is 35.5. The quantitative estimate of drug-likeness (QED) is 0.301. The molecule has 0 saturated heterocycles. The van der Waals surface area contributed by atoms with Gasteiger partial charge >= 0.3 is 0 Å². The van der Waals surface area contributed by atoms with Gasteiger partial charge in [0.05, 0.1) is 17.0 Å². The molecule has 0 radical (unpaired) electrons. The number of rotatable bonds is 8. The van der Waals surface area contributed by atoms with Crippen LogP contribution in [0.2, 0.25) is 5.02 Å². The van der Waals surface area contributed by atoms with E-state index in [0.29, 0.717) is 53.5 Å². The number of halogens is 1. The topological polar surface area (TPSA) is 69.0 Å².